The average Bonchev–Trinajstić information content (AvgIpc) is 2.57. The number of nitrogens with zero attached hydrogens (tertiary/aromatic N) is 1. The predicted octanol–water partition coefficient (Wildman–Crippen LogP) is 3.02. The number of benzene rings is 2. The van der Waals surface area contributed by atoms with Crippen LogP contribution in [0.25, 0.3) is 0 Å². The van der Waals surface area contributed by atoms with E-state index >= 15 is 0 Å². The van der Waals surface area contributed by atoms with Gasteiger partial charge in [-0.05, 0) is 55.7 Å². The van der Waals surface area contributed by atoms with Crippen LogP contribution >= 0.6 is 0 Å². The van der Waals surface area contributed by atoms with Crippen LogP contribution in [0.4, 0.5) is 5.69 Å². The molecule has 0 spiro atoms. The molecule has 136 valence electrons. The molecule has 2 aromatic carbocycles. The highest BCUT2D eigenvalue weighted by Gasteiger charge is 2.18. The zero-order valence-electron chi connectivity index (χ0n) is 15.3. The second-order valence-corrected chi connectivity index (χ2v) is 6.37. The quantitative estimate of drug-likeness (QED) is 0.864. The van der Waals surface area contributed by atoms with Crippen LogP contribution in [0.2, 0.25) is 0 Å². The lowest BCUT2D eigenvalue weighted by Crippen LogP contribution is -2.35. The summed E-state index contributed by atoms with van der Waals surface area (Å²) in [4.78, 5) is 37.3. The molecule has 6 heteroatoms. The number of carboxylic acids is 1. The smallest absolute Gasteiger partial charge is 0.335 e. The van der Waals surface area contributed by atoms with E-state index in [0.29, 0.717) is 5.56 Å². The molecule has 0 atom stereocenters. The molecule has 0 unspecified atom stereocenters. The zero-order valence-corrected chi connectivity index (χ0v) is 15.3. The fourth-order valence-electron chi connectivity index (χ4n) is 2.73. The normalized spacial score (nSPS) is 10.3. The number of hydrogen-bond acceptors (Lipinski definition) is 3. The fourth-order valence-corrected chi connectivity index (χ4v) is 2.73. The first kappa shape index (κ1) is 19.2. The van der Waals surface area contributed by atoms with Crippen molar-refractivity contribution < 1.29 is 19.5 Å². The van der Waals surface area contributed by atoms with E-state index in [9.17, 15) is 14.4 Å². The van der Waals surface area contributed by atoms with E-state index < -0.39 is 11.9 Å². The second-order valence-electron chi connectivity index (χ2n) is 6.37. The van der Waals surface area contributed by atoms with Gasteiger partial charge in [0.15, 0.2) is 0 Å². The van der Waals surface area contributed by atoms with Gasteiger partial charge in [-0.15, -0.1) is 0 Å². The molecule has 0 saturated carbocycles. The van der Waals surface area contributed by atoms with Gasteiger partial charge in [0.05, 0.1) is 12.1 Å². The summed E-state index contributed by atoms with van der Waals surface area (Å²) >= 11 is 0. The summed E-state index contributed by atoms with van der Waals surface area (Å²) in [6.07, 6.45) is 0. The van der Waals surface area contributed by atoms with Crippen molar-refractivity contribution in [2.75, 3.05) is 18.9 Å². The lowest BCUT2D eigenvalue weighted by Gasteiger charge is -2.18. The molecule has 2 aromatic rings. The molecule has 0 radical (unpaired) electrons. The maximum Gasteiger partial charge on any atom is 0.335 e. The molecule has 0 bridgehead atoms. The Morgan fingerprint density at radius 3 is 2.15 bits per heavy atom. The molecule has 0 aliphatic heterocycles. The third-order valence-corrected chi connectivity index (χ3v) is 4.04. The summed E-state index contributed by atoms with van der Waals surface area (Å²) in [5, 5.41) is 12.0. The number of likely N-dealkylation sites (N-methyl/N-ethyl adjacent to an activating group) is 1. The number of hydrogen-bond donors (Lipinski definition) is 2. The molecule has 2 rings (SSSR count). The zero-order chi connectivity index (χ0) is 19.4. The van der Waals surface area contributed by atoms with Crippen LogP contribution < -0.4 is 5.32 Å². The molecular formula is C20H22N2O4. The van der Waals surface area contributed by atoms with Crippen LogP contribution in [0.1, 0.15) is 37.4 Å². The Kier molecular flexibility index (Phi) is 5.77. The van der Waals surface area contributed by atoms with Gasteiger partial charge in [0.2, 0.25) is 5.91 Å². The summed E-state index contributed by atoms with van der Waals surface area (Å²) in [5.41, 5.74) is 3.57. The van der Waals surface area contributed by atoms with Crippen LogP contribution in [-0.2, 0) is 4.79 Å². The summed E-state index contributed by atoms with van der Waals surface area (Å²) in [6.45, 7) is 5.38. The van der Waals surface area contributed by atoms with E-state index in [1.807, 2.05) is 32.0 Å². The first-order valence-electron chi connectivity index (χ1n) is 8.15. The van der Waals surface area contributed by atoms with Gasteiger partial charge < -0.3 is 15.3 Å². The number of carbonyl (C=O) groups is 3. The van der Waals surface area contributed by atoms with Crippen LogP contribution in [0.3, 0.4) is 0 Å². The van der Waals surface area contributed by atoms with Crippen molar-refractivity contribution in [2.45, 2.75) is 20.8 Å². The van der Waals surface area contributed by atoms with Crippen molar-refractivity contribution in [1.82, 2.24) is 4.90 Å². The molecule has 0 fully saturated rings. The molecule has 0 saturated heterocycles. The number of para-hydroxylation sites is 1. The number of amides is 2. The van der Waals surface area contributed by atoms with Gasteiger partial charge in [0, 0.05) is 18.3 Å². The Morgan fingerprint density at radius 1 is 1.00 bits per heavy atom. The van der Waals surface area contributed by atoms with E-state index in [4.69, 9.17) is 5.11 Å². The van der Waals surface area contributed by atoms with Crippen molar-refractivity contribution in [3.63, 3.8) is 0 Å². The highest BCUT2D eigenvalue weighted by Crippen LogP contribution is 2.19. The fraction of sp³-hybridized carbons (Fsp3) is 0.250. The molecule has 0 aromatic heterocycles. The molecular weight excluding hydrogens is 332 g/mol. The first-order valence-corrected chi connectivity index (χ1v) is 8.15. The number of carbonyl (C=O) groups excluding carboxylic acids is 2. The Labute approximate surface area is 152 Å². The SMILES string of the molecule is Cc1cc(C(=O)O)cc(C(=O)N(C)CC(=O)Nc2c(C)cccc2C)c1. The number of aryl methyl sites for hydroxylation is 3. The number of nitrogens with one attached hydrogen (secondary N) is 1. The second kappa shape index (κ2) is 7.82. The highest BCUT2D eigenvalue weighted by molar-refractivity contribution is 6.01. The maximum atomic E-state index is 12.5. The predicted molar refractivity (Wildman–Crippen MR) is 99.6 cm³/mol. The van der Waals surface area contributed by atoms with Gasteiger partial charge >= 0.3 is 5.97 Å². The lowest BCUT2D eigenvalue weighted by atomic mass is 10.1. The third-order valence-electron chi connectivity index (χ3n) is 4.04. The number of rotatable bonds is 5. The van der Waals surface area contributed by atoms with Gasteiger partial charge in [-0.1, -0.05) is 18.2 Å². The van der Waals surface area contributed by atoms with Gasteiger partial charge in [-0.25, -0.2) is 4.79 Å². The minimum atomic E-state index is -1.10. The van der Waals surface area contributed by atoms with Crippen molar-refractivity contribution in [3.8, 4) is 0 Å². The number of anilines is 1. The van der Waals surface area contributed by atoms with Gasteiger partial charge in [-0.3, -0.25) is 9.59 Å². The van der Waals surface area contributed by atoms with E-state index in [0.717, 1.165) is 16.8 Å². The van der Waals surface area contributed by atoms with Gasteiger partial charge in [0.25, 0.3) is 5.91 Å². The third kappa shape index (κ3) is 4.47. The minimum absolute atomic E-state index is 0.0433. The summed E-state index contributed by atoms with van der Waals surface area (Å²) in [5.74, 6) is -1.82. The van der Waals surface area contributed by atoms with Crippen molar-refractivity contribution in [1.29, 1.82) is 0 Å². The molecule has 2 amide bonds. The largest absolute Gasteiger partial charge is 0.478 e. The Morgan fingerprint density at radius 2 is 1.58 bits per heavy atom. The van der Waals surface area contributed by atoms with Crippen LogP contribution in [0.15, 0.2) is 36.4 Å². The summed E-state index contributed by atoms with van der Waals surface area (Å²) < 4.78 is 0. The topological polar surface area (TPSA) is 86.7 Å². The van der Waals surface area contributed by atoms with E-state index in [1.165, 1.54) is 24.1 Å². The molecule has 2 N–H and O–H groups in total. The minimum Gasteiger partial charge on any atom is -0.478 e. The molecule has 0 heterocycles. The number of carboxylic acid groups (broad SMARTS) is 1. The standard InChI is InChI=1S/C20H22N2O4/c1-12-8-15(10-16(9-12)20(25)26)19(24)22(4)11-17(23)21-18-13(2)6-5-7-14(18)3/h5-10H,11H2,1-4H3,(H,21,23)(H,25,26). The van der Waals surface area contributed by atoms with Crippen LogP contribution in [0, 0.1) is 20.8 Å². The molecule has 6 nitrogen and oxygen atoms in total. The van der Waals surface area contributed by atoms with Crippen molar-refractivity contribution in [3.05, 3.63) is 64.2 Å². The van der Waals surface area contributed by atoms with E-state index in [-0.39, 0.29) is 23.6 Å². The number of aromatic carboxylic acids is 1. The van der Waals surface area contributed by atoms with Crippen LogP contribution in [-0.4, -0.2) is 41.4 Å². The molecule has 26 heavy (non-hydrogen) atoms. The molecule has 0 aliphatic rings. The van der Waals surface area contributed by atoms with Gasteiger partial charge in [0.1, 0.15) is 0 Å². The van der Waals surface area contributed by atoms with Crippen molar-refractivity contribution >= 4 is 23.5 Å². The Balaban J connectivity index is 2.12. The molecule has 0 aliphatic carbocycles. The Bertz CT molecular complexity index is 854. The highest BCUT2D eigenvalue weighted by atomic mass is 16.4. The summed E-state index contributed by atoms with van der Waals surface area (Å²) in [6, 6.07) is 10.1. The van der Waals surface area contributed by atoms with Gasteiger partial charge in [-0.2, -0.15) is 0 Å². The van der Waals surface area contributed by atoms with E-state index in [2.05, 4.69) is 5.32 Å². The van der Waals surface area contributed by atoms with Crippen LogP contribution in [0.5, 0.6) is 0 Å². The lowest BCUT2D eigenvalue weighted by molar-refractivity contribution is -0.116. The Hall–Kier alpha value is -3.15. The first-order chi connectivity index (χ1) is 12.2. The summed E-state index contributed by atoms with van der Waals surface area (Å²) in [7, 11) is 1.51. The van der Waals surface area contributed by atoms with E-state index in [1.54, 1.807) is 13.0 Å². The van der Waals surface area contributed by atoms with Crippen molar-refractivity contribution in [2.24, 2.45) is 0 Å². The monoisotopic (exact) mass is 354 g/mol. The average molecular weight is 354 g/mol. The maximum absolute atomic E-state index is 12.5.